The van der Waals surface area contributed by atoms with Crippen molar-refractivity contribution in [1.29, 1.82) is 0 Å². The van der Waals surface area contributed by atoms with Gasteiger partial charge >= 0.3 is 0 Å². The second-order valence-corrected chi connectivity index (χ2v) is 12.4. The number of anilines is 3. The number of para-hydroxylation sites is 3. The van der Waals surface area contributed by atoms with Crippen LogP contribution in [0.15, 0.2) is 180 Å². The molecule has 0 aliphatic carbocycles. The van der Waals surface area contributed by atoms with E-state index in [-0.39, 0.29) is 0 Å². The van der Waals surface area contributed by atoms with Crippen molar-refractivity contribution in [3.8, 4) is 39.7 Å². The van der Waals surface area contributed by atoms with E-state index in [2.05, 4.69) is 172 Å². The monoisotopic (exact) mass is 644 g/mol. The van der Waals surface area contributed by atoms with Gasteiger partial charge in [-0.15, -0.1) is 0 Å². The van der Waals surface area contributed by atoms with Crippen LogP contribution in [0.3, 0.4) is 0 Å². The van der Waals surface area contributed by atoms with Gasteiger partial charge in [0.05, 0.1) is 11.0 Å². The Morgan fingerprint density at radius 3 is 1.82 bits per heavy atom. The van der Waals surface area contributed by atoms with E-state index in [9.17, 15) is 0 Å². The molecular weight excluding hydrogens is 613 g/mol. The van der Waals surface area contributed by atoms with E-state index in [0.717, 1.165) is 50.6 Å². The Bertz CT molecular complexity index is 2550. The summed E-state index contributed by atoms with van der Waals surface area (Å²) < 4.78 is 8.00. The summed E-state index contributed by atoms with van der Waals surface area (Å²) >= 11 is 0. The second-order valence-electron chi connectivity index (χ2n) is 12.4. The molecule has 7 aromatic carbocycles. The highest BCUT2D eigenvalue weighted by molar-refractivity contribution is 6.10. The molecule has 2 aromatic heterocycles. The van der Waals surface area contributed by atoms with Gasteiger partial charge in [0.25, 0.3) is 5.89 Å². The summed E-state index contributed by atoms with van der Waals surface area (Å²) in [5.41, 5.74) is 12.1. The number of benzene rings is 7. The highest BCUT2D eigenvalue weighted by atomic mass is 16.5. The average molecular weight is 645 g/mol. The van der Waals surface area contributed by atoms with E-state index in [1.165, 1.54) is 21.8 Å². The first-order valence-corrected chi connectivity index (χ1v) is 16.8. The molecule has 0 radical (unpaired) electrons. The zero-order valence-corrected chi connectivity index (χ0v) is 27.4. The molecule has 238 valence electrons. The molecule has 5 heteroatoms. The minimum Gasteiger partial charge on any atom is -0.334 e. The number of fused-ring (bicyclic) bond motifs is 3. The Kier molecular flexibility index (Phi) is 7.29. The van der Waals surface area contributed by atoms with Crippen molar-refractivity contribution in [3.05, 3.63) is 181 Å². The van der Waals surface area contributed by atoms with Gasteiger partial charge in [-0.25, -0.2) is 0 Å². The molecule has 2 heterocycles. The largest absolute Gasteiger partial charge is 0.334 e. The van der Waals surface area contributed by atoms with Gasteiger partial charge in [0, 0.05) is 44.6 Å². The van der Waals surface area contributed by atoms with Crippen molar-refractivity contribution in [2.24, 2.45) is 0 Å². The standard InChI is InChI=1S/C45H32N4O/c1-31-29-34(45-46-44(47-50-45)33-13-5-2-6-14-33)23-27-39(31)32-21-24-37(25-22-32)49-42-20-12-11-19-40(42)41-30-38(26-28-43(41)49)48(35-15-7-3-8-16-35)36-17-9-4-10-18-36/h2-30H,1H3. The smallest absolute Gasteiger partial charge is 0.258 e. The summed E-state index contributed by atoms with van der Waals surface area (Å²) in [6, 6.07) is 61.6. The first kappa shape index (κ1) is 29.4. The van der Waals surface area contributed by atoms with Crippen molar-refractivity contribution in [2.45, 2.75) is 6.92 Å². The molecule has 0 aliphatic heterocycles. The number of rotatable bonds is 7. The molecule has 0 N–H and O–H groups in total. The van der Waals surface area contributed by atoms with Crippen LogP contribution in [-0.4, -0.2) is 14.7 Å². The third kappa shape index (κ3) is 5.22. The maximum absolute atomic E-state index is 5.63. The third-order valence-electron chi connectivity index (χ3n) is 9.31. The van der Waals surface area contributed by atoms with E-state index in [0.29, 0.717) is 11.7 Å². The average Bonchev–Trinajstić information content (AvgIpc) is 3.80. The van der Waals surface area contributed by atoms with Crippen molar-refractivity contribution in [3.63, 3.8) is 0 Å². The summed E-state index contributed by atoms with van der Waals surface area (Å²) in [4.78, 5) is 6.96. The van der Waals surface area contributed by atoms with Gasteiger partial charge in [0.2, 0.25) is 5.82 Å². The Balaban J connectivity index is 1.07. The van der Waals surface area contributed by atoms with Crippen LogP contribution in [0.4, 0.5) is 17.1 Å². The zero-order chi connectivity index (χ0) is 33.4. The molecule has 0 spiro atoms. The second kappa shape index (κ2) is 12.4. The minimum absolute atomic E-state index is 0.513. The van der Waals surface area contributed by atoms with Crippen LogP contribution in [0, 0.1) is 6.92 Å². The predicted octanol–water partition coefficient (Wildman–Crippen LogP) is 11.9. The Hall–Kier alpha value is -6.72. The molecule has 9 rings (SSSR count). The molecule has 0 atom stereocenters. The lowest BCUT2D eigenvalue weighted by molar-refractivity contribution is 0.432. The first-order valence-electron chi connectivity index (χ1n) is 16.8. The maximum Gasteiger partial charge on any atom is 0.258 e. The fraction of sp³-hybridized carbons (Fsp3) is 0.0222. The van der Waals surface area contributed by atoms with Gasteiger partial charge in [-0.05, 0) is 96.4 Å². The lowest BCUT2D eigenvalue weighted by Crippen LogP contribution is -2.09. The van der Waals surface area contributed by atoms with E-state index < -0.39 is 0 Å². The van der Waals surface area contributed by atoms with Gasteiger partial charge in [-0.3, -0.25) is 0 Å². The number of aromatic nitrogens is 3. The molecule has 5 nitrogen and oxygen atoms in total. The number of aryl methyl sites for hydroxylation is 1. The summed E-state index contributed by atoms with van der Waals surface area (Å²) in [6.45, 7) is 2.12. The van der Waals surface area contributed by atoms with Crippen molar-refractivity contribution < 1.29 is 4.52 Å². The lowest BCUT2D eigenvalue weighted by atomic mass is 9.98. The van der Waals surface area contributed by atoms with Gasteiger partial charge < -0.3 is 14.0 Å². The van der Waals surface area contributed by atoms with Crippen LogP contribution in [0.1, 0.15) is 5.56 Å². The van der Waals surface area contributed by atoms with Crippen LogP contribution in [0.25, 0.3) is 61.5 Å². The fourth-order valence-corrected chi connectivity index (χ4v) is 6.94. The summed E-state index contributed by atoms with van der Waals surface area (Å²) in [5.74, 6) is 1.10. The fourth-order valence-electron chi connectivity index (χ4n) is 6.94. The normalized spacial score (nSPS) is 11.3. The number of hydrogen-bond acceptors (Lipinski definition) is 4. The van der Waals surface area contributed by atoms with Crippen LogP contribution >= 0.6 is 0 Å². The molecule has 50 heavy (non-hydrogen) atoms. The van der Waals surface area contributed by atoms with Gasteiger partial charge in [-0.2, -0.15) is 4.98 Å². The Labute approximate surface area is 290 Å². The van der Waals surface area contributed by atoms with Crippen molar-refractivity contribution >= 4 is 38.9 Å². The lowest BCUT2D eigenvalue weighted by Gasteiger charge is -2.25. The van der Waals surface area contributed by atoms with Gasteiger partial charge in [0.1, 0.15) is 0 Å². The zero-order valence-electron chi connectivity index (χ0n) is 27.4. The highest BCUT2D eigenvalue weighted by Crippen LogP contribution is 2.40. The first-order chi connectivity index (χ1) is 24.7. The summed E-state index contributed by atoms with van der Waals surface area (Å²) in [7, 11) is 0. The van der Waals surface area contributed by atoms with Crippen molar-refractivity contribution in [1.82, 2.24) is 14.7 Å². The molecule has 0 aliphatic rings. The minimum atomic E-state index is 0.513. The van der Waals surface area contributed by atoms with Crippen LogP contribution in [-0.2, 0) is 0 Å². The topological polar surface area (TPSA) is 47.1 Å². The maximum atomic E-state index is 5.63. The Morgan fingerprint density at radius 1 is 0.500 bits per heavy atom. The van der Waals surface area contributed by atoms with E-state index in [1.807, 2.05) is 30.3 Å². The number of nitrogens with zero attached hydrogens (tertiary/aromatic N) is 4. The van der Waals surface area contributed by atoms with Gasteiger partial charge in [0.15, 0.2) is 0 Å². The predicted molar refractivity (Wildman–Crippen MR) is 204 cm³/mol. The third-order valence-corrected chi connectivity index (χ3v) is 9.31. The molecule has 9 aromatic rings. The van der Waals surface area contributed by atoms with Crippen LogP contribution < -0.4 is 4.90 Å². The van der Waals surface area contributed by atoms with E-state index in [4.69, 9.17) is 4.52 Å². The van der Waals surface area contributed by atoms with Crippen LogP contribution in [0.2, 0.25) is 0 Å². The summed E-state index contributed by atoms with van der Waals surface area (Å²) in [5, 5.41) is 6.63. The Morgan fingerprint density at radius 2 is 1.12 bits per heavy atom. The molecule has 0 unspecified atom stereocenters. The molecule has 0 bridgehead atoms. The number of hydrogen-bond donors (Lipinski definition) is 0. The molecule has 0 saturated heterocycles. The molecule has 0 amide bonds. The van der Waals surface area contributed by atoms with Crippen LogP contribution in [0.5, 0.6) is 0 Å². The molecular formula is C45H32N4O. The van der Waals surface area contributed by atoms with Gasteiger partial charge in [-0.1, -0.05) is 108 Å². The van der Waals surface area contributed by atoms with E-state index in [1.54, 1.807) is 0 Å². The SMILES string of the molecule is Cc1cc(-c2nc(-c3ccccc3)no2)ccc1-c1ccc(-n2c3ccccc3c3cc(N(c4ccccc4)c4ccccc4)ccc32)cc1. The molecule has 0 saturated carbocycles. The molecule has 0 fully saturated rings. The van der Waals surface area contributed by atoms with E-state index >= 15 is 0 Å². The highest BCUT2D eigenvalue weighted by Gasteiger charge is 2.18. The van der Waals surface area contributed by atoms with Crippen molar-refractivity contribution in [2.75, 3.05) is 4.90 Å². The quantitative estimate of drug-likeness (QED) is 0.173. The summed E-state index contributed by atoms with van der Waals surface area (Å²) in [6.07, 6.45) is 0.